The van der Waals surface area contributed by atoms with Gasteiger partial charge in [-0.3, -0.25) is 14.5 Å². The lowest BCUT2D eigenvalue weighted by Crippen LogP contribution is -2.29. The zero-order valence-electron chi connectivity index (χ0n) is 19.6. The summed E-state index contributed by atoms with van der Waals surface area (Å²) in [5.74, 6) is -0.127. The first kappa shape index (κ1) is 21.8. The fraction of sp³-hybridized carbons (Fsp3) is 0.143. The summed E-state index contributed by atoms with van der Waals surface area (Å²) in [6.07, 6.45) is 1.89. The van der Waals surface area contributed by atoms with Crippen molar-refractivity contribution >= 4 is 34.0 Å². The summed E-state index contributed by atoms with van der Waals surface area (Å²) >= 11 is 0. The van der Waals surface area contributed by atoms with Crippen LogP contribution < -0.4 is 19.1 Å². The number of fused-ring (bicyclic) bond motifs is 2. The SMILES string of the molecule is COc1ccc(N2C(=O)C(=O)/C(=C(/O)c3ccc4c(c3)OCO4)C2c2cn(C)c3ccccc23)cc1. The maximum Gasteiger partial charge on any atom is 0.300 e. The van der Waals surface area contributed by atoms with Gasteiger partial charge in [0, 0.05) is 41.0 Å². The molecule has 3 heterocycles. The Labute approximate surface area is 206 Å². The number of aliphatic hydroxyl groups excluding tert-OH is 1. The molecule has 0 spiro atoms. The third-order valence-electron chi connectivity index (χ3n) is 6.66. The molecule has 180 valence electrons. The number of ketones is 1. The van der Waals surface area contributed by atoms with E-state index in [9.17, 15) is 14.7 Å². The van der Waals surface area contributed by atoms with Gasteiger partial charge in [-0.05, 0) is 48.5 Å². The predicted molar refractivity (Wildman–Crippen MR) is 133 cm³/mol. The Balaban J connectivity index is 1.59. The highest BCUT2D eigenvalue weighted by Crippen LogP contribution is 2.45. The minimum atomic E-state index is -0.852. The first-order valence-electron chi connectivity index (χ1n) is 11.4. The topological polar surface area (TPSA) is 90.2 Å². The number of aryl methyl sites for hydroxylation is 1. The molecule has 1 atom stereocenters. The van der Waals surface area contributed by atoms with Crippen LogP contribution in [0.15, 0.2) is 78.5 Å². The Bertz CT molecular complexity index is 1570. The molecule has 1 N–H and O–H groups in total. The van der Waals surface area contributed by atoms with Crippen LogP contribution in [0.3, 0.4) is 0 Å². The van der Waals surface area contributed by atoms with E-state index in [1.54, 1.807) is 49.6 Å². The Kier molecular flexibility index (Phi) is 4.96. The normalized spacial score (nSPS) is 18.3. The van der Waals surface area contributed by atoms with E-state index in [1.165, 1.54) is 4.90 Å². The number of hydrogen-bond acceptors (Lipinski definition) is 6. The lowest BCUT2D eigenvalue weighted by Gasteiger charge is -2.25. The number of benzene rings is 3. The molecule has 6 rings (SSSR count). The van der Waals surface area contributed by atoms with Crippen LogP contribution in [-0.2, 0) is 16.6 Å². The molecule has 4 aromatic rings. The average Bonchev–Trinajstić information content (AvgIpc) is 3.58. The molecule has 1 amide bonds. The van der Waals surface area contributed by atoms with Gasteiger partial charge in [0.05, 0.1) is 18.7 Å². The second-order valence-electron chi connectivity index (χ2n) is 8.65. The first-order chi connectivity index (χ1) is 17.5. The Morgan fingerprint density at radius 1 is 1.00 bits per heavy atom. The van der Waals surface area contributed by atoms with Gasteiger partial charge in [0.15, 0.2) is 11.5 Å². The molecule has 0 radical (unpaired) electrons. The number of aliphatic hydroxyl groups is 1. The number of para-hydroxylation sites is 1. The van der Waals surface area contributed by atoms with Gasteiger partial charge in [0.2, 0.25) is 6.79 Å². The number of ether oxygens (including phenoxy) is 3. The van der Waals surface area contributed by atoms with E-state index in [4.69, 9.17) is 14.2 Å². The fourth-order valence-electron chi connectivity index (χ4n) is 4.93. The zero-order chi connectivity index (χ0) is 25.0. The molecule has 3 aromatic carbocycles. The summed E-state index contributed by atoms with van der Waals surface area (Å²) in [4.78, 5) is 28.4. The van der Waals surface area contributed by atoms with Crippen LogP contribution in [-0.4, -0.2) is 35.3 Å². The highest BCUT2D eigenvalue weighted by Gasteiger charge is 2.48. The first-order valence-corrected chi connectivity index (χ1v) is 11.4. The number of Topliss-reactive ketones (excluding diaryl/α,β-unsaturated/α-hetero) is 1. The van der Waals surface area contributed by atoms with Crippen molar-refractivity contribution in [1.82, 2.24) is 4.57 Å². The molecule has 1 aromatic heterocycles. The van der Waals surface area contributed by atoms with Crippen LogP contribution >= 0.6 is 0 Å². The summed E-state index contributed by atoms with van der Waals surface area (Å²) in [5, 5.41) is 12.3. The van der Waals surface area contributed by atoms with E-state index >= 15 is 0 Å². The third kappa shape index (κ3) is 3.22. The van der Waals surface area contributed by atoms with E-state index in [-0.39, 0.29) is 18.1 Å². The van der Waals surface area contributed by atoms with E-state index < -0.39 is 17.7 Å². The van der Waals surface area contributed by atoms with Gasteiger partial charge in [-0.25, -0.2) is 0 Å². The molecule has 0 saturated carbocycles. The van der Waals surface area contributed by atoms with Crippen LogP contribution in [0.25, 0.3) is 16.7 Å². The average molecular weight is 482 g/mol. The number of carbonyl (C=O) groups excluding carboxylic acids is 2. The number of anilines is 1. The summed E-state index contributed by atoms with van der Waals surface area (Å²) in [6.45, 7) is 0.0808. The highest BCUT2D eigenvalue weighted by atomic mass is 16.7. The van der Waals surface area contributed by atoms with Crippen molar-refractivity contribution < 1.29 is 28.9 Å². The molecule has 2 aliphatic rings. The van der Waals surface area contributed by atoms with Crippen molar-refractivity contribution in [1.29, 1.82) is 0 Å². The second-order valence-corrected chi connectivity index (χ2v) is 8.65. The maximum atomic E-state index is 13.5. The number of carbonyl (C=O) groups is 2. The van der Waals surface area contributed by atoms with Gasteiger partial charge >= 0.3 is 0 Å². The van der Waals surface area contributed by atoms with Crippen LogP contribution in [0.5, 0.6) is 17.2 Å². The summed E-state index contributed by atoms with van der Waals surface area (Å²) in [7, 11) is 3.46. The Morgan fingerprint density at radius 2 is 1.75 bits per heavy atom. The predicted octanol–water partition coefficient (Wildman–Crippen LogP) is 4.54. The maximum absolute atomic E-state index is 13.5. The second kappa shape index (κ2) is 8.20. The summed E-state index contributed by atoms with van der Waals surface area (Å²) in [6, 6.07) is 18.7. The quantitative estimate of drug-likeness (QED) is 0.261. The van der Waals surface area contributed by atoms with Crippen LogP contribution in [0.1, 0.15) is 17.2 Å². The van der Waals surface area contributed by atoms with Crippen molar-refractivity contribution in [2.75, 3.05) is 18.8 Å². The van der Waals surface area contributed by atoms with Crippen molar-refractivity contribution in [2.45, 2.75) is 6.04 Å². The van der Waals surface area contributed by atoms with Crippen LogP contribution in [0, 0.1) is 0 Å². The highest BCUT2D eigenvalue weighted by molar-refractivity contribution is 6.51. The van der Waals surface area contributed by atoms with Crippen LogP contribution in [0.4, 0.5) is 5.69 Å². The molecular formula is C28H22N2O6. The minimum absolute atomic E-state index is 0.00559. The number of methoxy groups -OCH3 is 1. The molecule has 1 saturated heterocycles. The fourth-order valence-corrected chi connectivity index (χ4v) is 4.93. The third-order valence-corrected chi connectivity index (χ3v) is 6.66. The number of rotatable bonds is 4. The minimum Gasteiger partial charge on any atom is -0.507 e. The molecule has 36 heavy (non-hydrogen) atoms. The van der Waals surface area contributed by atoms with Gasteiger partial charge in [-0.15, -0.1) is 0 Å². The van der Waals surface area contributed by atoms with Crippen molar-refractivity contribution in [2.24, 2.45) is 7.05 Å². The largest absolute Gasteiger partial charge is 0.507 e. The lowest BCUT2D eigenvalue weighted by molar-refractivity contribution is -0.132. The molecule has 0 bridgehead atoms. The van der Waals surface area contributed by atoms with E-state index in [1.807, 2.05) is 42.1 Å². The summed E-state index contributed by atoms with van der Waals surface area (Å²) < 4.78 is 18.0. The van der Waals surface area contributed by atoms with Crippen LogP contribution in [0.2, 0.25) is 0 Å². The molecule has 1 unspecified atom stereocenters. The number of hydrogen-bond donors (Lipinski definition) is 1. The van der Waals surface area contributed by atoms with Gasteiger partial charge in [-0.1, -0.05) is 18.2 Å². The standard InChI is InChI=1S/C28H22N2O6/c1-29-14-20(19-5-3-4-6-21(19)29)25-24(26(31)16-7-12-22-23(13-16)36-15-35-22)27(32)28(33)30(25)17-8-10-18(34-2)11-9-17/h3-14,25,31H,15H2,1-2H3/b26-24+. The van der Waals surface area contributed by atoms with Gasteiger partial charge in [-0.2, -0.15) is 0 Å². The Hall–Kier alpha value is -4.72. The molecule has 0 aliphatic carbocycles. The molecule has 1 fully saturated rings. The van der Waals surface area contributed by atoms with Gasteiger partial charge in [0.1, 0.15) is 11.5 Å². The molecule has 8 nitrogen and oxygen atoms in total. The molecular weight excluding hydrogens is 460 g/mol. The van der Waals surface area contributed by atoms with E-state index in [0.29, 0.717) is 28.5 Å². The van der Waals surface area contributed by atoms with E-state index in [2.05, 4.69) is 0 Å². The van der Waals surface area contributed by atoms with Crippen molar-refractivity contribution in [3.63, 3.8) is 0 Å². The Morgan fingerprint density at radius 3 is 2.53 bits per heavy atom. The van der Waals surface area contributed by atoms with E-state index in [0.717, 1.165) is 16.5 Å². The number of aromatic nitrogens is 1. The number of amides is 1. The zero-order valence-corrected chi connectivity index (χ0v) is 19.6. The van der Waals surface area contributed by atoms with Crippen molar-refractivity contribution in [3.05, 3.63) is 89.6 Å². The van der Waals surface area contributed by atoms with Gasteiger partial charge in [0.25, 0.3) is 11.7 Å². The van der Waals surface area contributed by atoms with Crippen molar-refractivity contribution in [3.8, 4) is 17.2 Å². The molecule has 2 aliphatic heterocycles. The summed E-state index contributed by atoms with van der Waals surface area (Å²) in [5.41, 5.74) is 2.55. The van der Waals surface area contributed by atoms with Gasteiger partial charge < -0.3 is 23.9 Å². The lowest BCUT2D eigenvalue weighted by atomic mass is 9.94. The smallest absolute Gasteiger partial charge is 0.300 e. The molecule has 8 heteroatoms. The monoisotopic (exact) mass is 482 g/mol. The number of nitrogens with zero attached hydrogens (tertiary/aromatic N) is 2.